The number of carbonyl (C=O) groups is 1. The third-order valence-corrected chi connectivity index (χ3v) is 4.68. The first-order valence-electron chi connectivity index (χ1n) is 8.50. The summed E-state index contributed by atoms with van der Waals surface area (Å²) in [6.07, 6.45) is 3.54. The molecule has 2 aromatic heterocycles. The minimum atomic E-state index is -0.307. The fourth-order valence-corrected chi connectivity index (χ4v) is 2.88. The Morgan fingerprint density at radius 3 is 2.69 bits per heavy atom. The van der Waals surface area contributed by atoms with Crippen LogP contribution in [0.5, 0.6) is 0 Å². The molecular weight excluding hydrogens is 335 g/mol. The highest BCUT2D eigenvalue weighted by Crippen LogP contribution is 2.40. The van der Waals surface area contributed by atoms with Gasteiger partial charge >= 0.3 is 0 Å². The standard InChI is InChI=1S/C19H19FN4O2/c1-11-14(17(25)21-9-12-3-5-13(20)6-4-12)15-16(24-19(2)7-8-19)22-10-23-18(15)26-11/h3-6,10H,7-9H2,1-2H3,(H,21,25)(H,22,23,24). The molecule has 4 rings (SSSR count). The Kier molecular flexibility index (Phi) is 3.86. The highest BCUT2D eigenvalue weighted by atomic mass is 19.1. The van der Waals surface area contributed by atoms with Gasteiger partial charge in [-0.05, 0) is 44.4 Å². The Bertz CT molecular complexity index is 977. The van der Waals surface area contributed by atoms with Crippen LogP contribution >= 0.6 is 0 Å². The van der Waals surface area contributed by atoms with Crippen molar-refractivity contribution in [3.63, 3.8) is 0 Å². The predicted molar refractivity (Wildman–Crippen MR) is 95.4 cm³/mol. The van der Waals surface area contributed by atoms with Gasteiger partial charge in [0.1, 0.15) is 23.7 Å². The van der Waals surface area contributed by atoms with Gasteiger partial charge < -0.3 is 15.1 Å². The topological polar surface area (TPSA) is 80.1 Å². The number of nitrogens with one attached hydrogen (secondary N) is 2. The normalized spacial score (nSPS) is 15.0. The zero-order valence-electron chi connectivity index (χ0n) is 14.6. The van der Waals surface area contributed by atoms with E-state index < -0.39 is 0 Å². The Balaban J connectivity index is 1.63. The lowest BCUT2D eigenvalue weighted by Gasteiger charge is -2.13. The number of nitrogens with zero attached hydrogens (tertiary/aromatic N) is 2. The maximum Gasteiger partial charge on any atom is 0.255 e. The van der Waals surface area contributed by atoms with Crippen LogP contribution in [-0.4, -0.2) is 21.4 Å². The molecule has 0 bridgehead atoms. The molecule has 1 aliphatic rings. The van der Waals surface area contributed by atoms with Gasteiger partial charge in [-0.1, -0.05) is 12.1 Å². The smallest absolute Gasteiger partial charge is 0.255 e. The van der Waals surface area contributed by atoms with Gasteiger partial charge in [0.05, 0.1) is 10.9 Å². The van der Waals surface area contributed by atoms with Crippen LogP contribution in [0.25, 0.3) is 11.1 Å². The zero-order valence-corrected chi connectivity index (χ0v) is 14.6. The lowest BCUT2D eigenvalue weighted by atomic mass is 10.1. The molecule has 3 aromatic rings. The number of anilines is 1. The van der Waals surface area contributed by atoms with E-state index in [1.165, 1.54) is 18.5 Å². The molecule has 1 saturated carbocycles. The molecule has 6 nitrogen and oxygen atoms in total. The van der Waals surface area contributed by atoms with Gasteiger partial charge in [0.15, 0.2) is 0 Å². The van der Waals surface area contributed by atoms with E-state index in [4.69, 9.17) is 4.42 Å². The van der Waals surface area contributed by atoms with Crippen molar-refractivity contribution in [3.05, 3.63) is 53.3 Å². The van der Waals surface area contributed by atoms with Crippen molar-refractivity contribution >= 4 is 22.8 Å². The Morgan fingerprint density at radius 1 is 1.27 bits per heavy atom. The van der Waals surface area contributed by atoms with Crippen molar-refractivity contribution < 1.29 is 13.6 Å². The van der Waals surface area contributed by atoms with E-state index in [0.29, 0.717) is 34.8 Å². The van der Waals surface area contributed by atoms with E-state index in [1.807, 2.05) is 0 Å². The molecule has 0 spiro atoms. The third kappa shape index (κ3) is 3.12. The highest BCUT2D eigenvalue weighted by Gasteiger charge is 2.38. The summed E-state index contributed by atoms with van der Waals surface area (Å²) >= 11 is 0. The number of benzene rings is 1. The highest BCUT2D eigenvalue weighted by molar-refractivity contribution is 6.10. The summed E-state index contributed by atoms with van der Waals surface area (Å²) in [5.74, 6) is 0.516. The van der Waals surface area contributed by atoms with E-state index in [0.717, 1.165) is 18.4 Å². The second-order valence-electron chi connectivity index (χ2n) is 6.93. The van der Waals surface area contributed by atoms with E-state index in [9.17, 15) is 9.18 Å². The fourth-order valence-electron chi connectivity index (χ4n) is 2.88. The zero-order chi connectivity index (χ0) is 18.3. The molecule has 0 saturated heterocycles. The minimum absolute atomic E-state index is 0.00825. The van der Waals surface area contributed by atoms with E-state index in [2.05, 4.69) is 27.5 Å². The summed E-state index contributed by atoms with van der Waals surface area (Å²) in [7, 11) is 0. The van der Waals surface area contributed by atoms with Gasteiger partial charge in [0.25, 0.3) is 5.91 Å². The molecule has 2 heterocycles. The Labute approximate surface area is 149 Å². The summed E-state index contributed by atoms with van der Waals surface area (Å²) < 4.78 is 18.7. The molecule has 1 amide bonds. The van der Waals surface area contributed by atoms with Gasteiger partial charge in [0, 0.05) is 12.1 Å². The van der Waals surface area contributed by atoms with Crippen molar-refractivity contribution in [1.82, 2.24) is 15.3 Å². The van der Waals surface area contributed by atoms with E-state index in [-0.39, 0.29) is 17.3 Å². The van der Waals surface area contributed by atoms with Crippen molar-refractivity contribution in [3.8, 4) is 0 Å². The lowest BCUT2D eigenvalue weighted by molar-refractivity contribution is 0.0951. The maximum absolute atomic E-state index is 13.0. The number of aromatic nitrogens is 2. The molecule has 1 aromatic carbocycles. The average Bonchev–Trinajstić information content (AvgIpc) is 3.23. The first-order valence-corrected chi connectivity index (χ1v) is 8.50. The van der Waals surface area contributed by atoms with Crippen LogP contribution in [0.3, 0.4) is 0 Å². The minimum Gasteiger partial charge on any atom is -0.442 e. The number of aryl methyl sites for hydroxylation is 1. The Hall–Kier alpha value is -2.96. The molecule has 26 heavy (non-hydrogen) atoms. The maximum atomic E-state index is 13.0. The predicted octanol–water partition coefficient (Wildman–Crippen LogP) is 3.56. The van der Waals surface area contributed by atoms with Gasteiger partial charge in [-0.15, -0.1) is 0 Å². The van der Waals surface area contributed by atoms with E-state index in [1.54, 1.807) is 19.1 Å². The summed E-state index contributed by atoms with van der Waals surface area (Å²) in [4.78, 5) is 21.2. The molecule has 2 N–H and O–H groups in total. The number of fused-ring (bicyclic) bond motifs is 1. The SMILES string of the molecule is Cc1oc2ncnc(NC3(C)CC3)c2c1C(=O)NCc1ccc(F)cc1. The molecule has 0 radical (unpaired) electrons. The van der Waals surface area contributed by atoms with Crippen molar-refractivity contribution in [2.75, 3.05) is 5.32 Å². The summed E-state index contributed by atoms with van der Waals surface area (Å²) in [5, 5.41) is 6.84. The average molecular weight is 354 g/mol. The molecule has 134 valence electrons. The first kappa shape index (κ1) is 16.5. The second-order valence-corrected chi connectivity index (χ2v) is 6.93. The number of halogens is 1. The van der Waals surface area contributed by atoms with Crippen LogP contribution in [0, 0.1) is 12.7 Å². The number of hydrogen-bond acceptors (Lipinski definition) is 5. The van der Waals surface area contributed by atoms with Gasteiger partial charge in [-0.2, -0.15) is 0 Å². The second kappa shape index (κ2) is 6.09. The summed E-state index contributed by atoms with van der Waals surface area (Å²) in [5.41, 5.74) is 1.63. The molecule has 0 unspecified atom stereocenters. The quantitative estimate of drug-likeness (QED) is 0.732. The molecule has 7 heteroatoms. The third-order valence-electron chi connectivity index (χ3n) is 4.68. The van der Waals surface area contributed by atoms with Crippen molar-refractivity contribution in [2.45, 2.75) is 38.8 Å². The number of carbonyl (C=O) groups excluding carboxylic acids is 1. The van der Waals surface area contributed by atoms with Gasteiger partial charge in [-0.25, -0.2) is 14.4 Å². The molecule has 1 fully saturated rings. The number of furan rings is 1. The first-order chi connectivity index (χ1) is 12.5. The van der Waals surface area contributed by atoms with Crippen molar-refractivity contribution in [2.24, 2.45) is 0 Å². The fraction of sp³-hybridized carbons (Fsp3) is 0.316. The van der Waals surface area contributed by atoms with Gasteiger partial charge in [0.2, 0.25) is 5.71 Å². The van der Waals surface area contributed by atoms with Crippen LogP contribution in [0.4, 0.5) is 10.2 Å². The molecular formula is C19H19FN4O2. The Morgan fingerprint density at radius 2 is 2.00 bits per heavy atom. The monoisotopic (exact) mass is 354 g/mol. The van der Waals surface area contributed by atoms with Crippen LogP contribution in [0.2, 0.25) is 0 Å². The molecule has 0 atom stereocenters. The van der Waals surface area contributed by atoms with Gasteiger partial charge in [-0.3, -0.25) is 4.79 Å². The number of rotatable bonds is 5. The van der Waals surface area contributed by atoms with Crippen LogP contribution < -0.4 is 10.6 Å². The molecule has 0 aliphatic heterocycles. The van der Waals surface area contributed by atoms with Crippen LogP contribution in [0.15, 0.2) is 35.0 Å². The van der Waals surface area contributed by atoms with Crippen molar-refractivity contribution in [1.29, 1.82) is 0 Å². The van der Waals surface area contributed by atoms with Crippen LogP contribution in [-0.2, 0) is 6.54 Å². The largest absolute Gasteiger partial charge is 0.442 e. The summed E-state index contributed by atoms with van der Waals surface area (Å²) in [6, 6.07) is 6.01. The summed E-state index contributed by atoms with van der Waals surface area (Å²) in [6.45, 7) is 4.14. The number of amides is 1. The lowest BCUT2D eigenvalue weighted by Crippen LogP contribution is -2.24. The number of hydrogen-bond donors (Lipinski definition) is 2. The van der Waals surface area contributed by atoms with Crippen LogP contribution in [0.1, 0.15) is 41.4 Å². The van der Waals surface area contributed by atoms with E-state index >= 15 is 0 Å². The molecule has 1 aliphatic carbocycles.